The van der Waals surface area contributed by atoms with Gasteiger partial charge >= 0.3 is 5.97 Å². The number of hydrogen-bond acceptors (Lipinski definition) is 5. The summed E-state index contributed by atoms with van der Waals surface area (Å²) < 4.78 is 0. The number of carboxylic acids is 1. The van der Waals surface area contributed by atoms with Crippen molar-refractivity contribution in [2.75, 3.05) is 5.32 Å². The van der Waals surface area contributed by atoms with Crippen LogP contribution in [0.25, 0.3) is 0 Å². The molecule has 1 fully saturated rings. The Kier molecular flexibility index (Phi) is 2.65. The molecule has 1 aromatic heterocycles. The molecule has 0 radical (unpaired) electrons. The number of carbonyl (C=O) groups excluding carboxylic acids is 1. The van der Waals surface area contributed by atoms with Crippen LogP contribution in [0, 0.1) is 24.2 Å². The lowest BCUT2D eigenvalue weighted by Gasteiger charge is -2.01. The van der Waals surface area contributed by atoms with Gasteiger partial charge in [0.1, 0.15) is 5.01 Å². The Morgan fingerprint density at radius 2 is 2.00 bits per heavy atom. The van der Waals surface area contributed by atoms with Gasteiger partial charge in [-0.25, -0.2) is 0 Å². The molecule has 0 unspecified atom stereocenters. The quantitative estimate of drug-likeness (QED) is 0.845. The monoisotopic (exact) mass is 255 g/mol. The minimum absolute atomic E-state index is 0.293. The van der Waals surface area contributed by atoms with E-state index < -0.39 is 23.2 Å². The molecule has 1 aromatic rings. The highest BCUT2D eigenvalue weighted by atomic mass is 32.1. The van der Waals surface area contributed by atoms with Crippen LogP contribution in [0.2, 0.25) is 0 Å². The van der Waals surface area contributed by atoms with Gasteiger partial charge in [-0.2, -0.15) is 0 Å². The minimum atomic E-state index is -0.927. The first kappa shape index (κ1) is 12.0. The molecule has 7 heteroatoms. The number of aryl methyl sites for hydroxylation is 1. The first-order valence-corrected chi connectivity index (χ1v) is 5.99. The van der Waals surface area contributed by atoms with E-state index in [0.717, 1.165) is 5.01 Å². The zero-order valence-electron chi connectivity index (χ0n) is 9.72. The van der Waals surface area contributed by atoms with Gasteiger partial charge in [0.05, 0.1) is 11.8 Å². The number of rotatable bonds is 3. The molecule has 1 amide bonds. The summed E-state index contributed by atoms with van der Waals surface area (Å²) in [6.45, 7) is 5.34. The maximum absolute atomic E-state index is 11.9. The Bertz CT molecular complexity index is 483. The summed E-state index contributed by atoms with van der Waals surface area (Å²) in [6.07, 6.45) is 0. The maximum atomic E-state index is 11.9. The number of anilines is 1. The highest BCUT2D eigenvalue weighted by Crippen LogP contribution is 2.58. The first-order chi connectivity index (χ1) is 7.84. The summed E-state index contributed by atoms with van der Waals surface area (Å²) in [4.78, 5) is 22.8. The van der Waals surface area contributed by atoms with Crippen molar-refractivity contribution < 1.29 is 14.7 Å². The number of nitrogens with zero attached hydrogens (tertiary/aromatic N) is 2. The Balaban J connectivity index is 2.05. The van der Waals surface area contributed by atoms with Crippen LogP contribution < -0.4 is 5.32 Å². The third-order valence-corrected chi connectivity index (χ3v) is 3.89. The highest BCUT2D eigenvalue weighted by Gasteiger charge is 2.65. The van der Waals surface area contributed by atoms with Gasteiger partial charge in [0.15, 0.2) is 0 Å². The van der Waals surface area contributed by atoms with Crippen LogP contribution in [-0.2, 0) is 9.59 Å². The second-order valence-electron chi connectivity index (χ2n) is 4.73. The molecule has 2 rings (SSSR count). The first-order valence-electron chi connectivity index (χ1n) is 5.18. The highest BCUT2D eigenvalue weighted by molar-refractivity contribution is 7.15. The number of carbonyl (C=O) groups is 2. The van der Waals surface area contributed by atoms with Crippen LogP contribution in [0.15, 0.2) is 0 Å². The molecule has 1 aliphatic rings. The molecule has 17 heavy (non-hydrogen) atoms. The van der Waals surface area contributed by atoms with E-state index in [9.17, 15) is 9.59 Å². The number of aromatic nitrogens is 2. The van der Waals surface area contributed by atoms with Crippen molar-refractivity contribution >= 4 is 28.3 Å². The molecule has 2 atom stereocenters. The molecule has 0 saturated heterocycles. The van der Waals surface area contributed by atoms with E-state index in [1.165, 1.54) is 11.3 Å². The molecule has 1 heterocycles. The van der Waals surface area contributed by atoms with Gasteiger partial charge in [-0.3, -0.25) is 9.59 Å². The topological polar surface area (TPSA) is 92.2 Å². The average molecular weight is 255 g/mol. The molecule has 0 aliphatic heterocycles. The molecule has 1 saturated carbocycles. The predicted octanol–water partition coefficient (Wildman–Crippen LogP) is 1.14. The summed E-state index contributed by atoms with van der Waals surface area (Å²) in [6, 6.07) is 0. The molecule has 2 N–H and O–H groups in total. The molecule has 1 aliphatic carbocycles. The van der Waals surface area contributed by atoms with E-state index in [1.54, 1.807) is 20.8 Å². The van der Waals surface area contributed by atoms with Crippen LogP contribution in [0.4, 0.5) is 5.13 Å². The predicted molar refractivity (Wildman–Crippen MR) is 61.7 cm³/mol. The summed E-state index contributed by atoms with van der Waals surface area (Å²) in [5.41, 5.74) is -0.490. The number of aliphatic carboxylic acids is 1. The molecule has 6 nitrogen and oxygen atoms in total. The fourth-order valence-corrected chi connectivity index (χ4v) is 2.71. The van der Waals surface area contributed by atoms with E-state index in [1.807, 2.05) is 0 Å². The SMILES string of the molecule is Cc1nnc(NC(=O)[C@@H]2[C@@H](C(=O)O)C2(C)C)s1. The molecule has 0 bridgehead atoms. The van der Waals surface area contributed by atoms with Crippen molar-refractivity contribution in [3.8, 4) is 0 Å². The lowest BCUT2D eigenvalue weighted by Crippen LogP contribution is -2.17. The van der Waals surface area contributed by atoms with Crippen molar-refractivity contribution in [3.63, 3.8) is 0 Å². The Hall–Kier alpha value is -1.50. The number of nitrogens with one attached hydrogen (secondary N) is 1. The number of carboxylic acid groups (broad SMARTS) is 1. The maximum Gasteiger partial charge on any atom is 0.307 e. The minimum Gasteiger partial charge on any atom is -0.481 e. The van der Waals surface area contributed by atoms with E-state index >= 15 is 0 Å². The van der Waals surface area contributed by atoms with Crippen LogP contribution in [0.3, 0.4) is 0 Å². The molecular formula is C10H13N3O3S. The second-order valence-corrected chi connectivity index (χ2v) is 5.91. The number of hydrogen-bond donors (Lipinski definition) is 2. The molecular weight excluding hydrogens is 242 g/mol. The Labute approximate surface area is 102 Å². The third kappa shape index (κ3) is 2.02. The van der Waals surface area contributed by atoms with Crippen LogP contribution in [-0.4, -0.2) is 27.2 Å². The lowest BCUT2D eigenvalue weighted by molar-refractivity contribution is -0.140. The van der Waals surface area contributed by atoms with Crippen LogP contribution in [0.5, 0.6) is 0 Å². The normalized spacial score (nSPS) is 25.4. The van der Waals surface area contributed by atoms with Crippen molar-refractivity contribution in [1.29, 1.82) is 0 Å². The van der Waals surface area contributed by atoms with Crippen LogP contribution in [0.1, 0.15) is 18.9 Å². The van der Waals surface area contributed by atoms with E-state index in [-0.39, 0.29) is 5.91 Å². The second kappa shape index (κ2) is 3.76. The zero-order valence-corrected chi connectivity index (χ0v) is 10.5. The molecule has 92 valence electrons. The van der Waals surface area contributed by atoms with Crippen molar-refractivity contribution in [3.05, 3.63) is 5.01 Å². The Morgan fingerprint density at radius 3 is 2.41 bits per heavy atom. The summed E-state index contributed by atoms with van der Waals surface area (Å²) in [5, 5.41) is 20.3. The third-order valence-electron chi connectivity index (χ3n) is 3.13. The summed E-state index contributed by atoms with van der Waals surface area (Å²) in [7, 11) is 0. The van der Waals surface area contributed by atoms with Crippen molar-refractivity contribution in [2.45, 2.75) is 20.8 Å². The van der Waals surface area contributed by atoms with E-state index in [2.05, 4.69) is 15.5 Å². The van der Waals surface area contributed by atoms with E-state index in [4.69, 9.17) is 5.11 Å². The smallest absolute Gasteiger partial charge is 0.307 e. The van der Waals surface area contributed by atoms with Gasteiger partial charge in [0.2, 0.25) is 11.0 Å². The van der Waals surface area contributed by atoms with Gasteiger partial charge < -0.3 is 10.4 Å². The van der Waals surface area contributed by atoms with Gasteiger partial charge in [-0.15, -0.1) is 10.2 Å². The standard InChI is InChI=1S/C10H13N3O3S/c1-4-12-13-9(17-4)11-7(14)5-6(8(15)16)10(5,2)3/h5-6H,1-3H3,(H,15,16)(H,11,13,14)/t5-,6-/m0/s1. The zero-order chi connectivity index (χ0) is 12.8. The Morgan fingerprint density at radius 1 is 1.35 bits per heavy atom. The largest absolute Gasteiger partial charge is 0.481 e. The number of amides is 1. The van der Waals surface area contributed by atoms with Gasteiger partial charge in [-0.1, -0.05) is 25.2 Å². The average Bonchev–Trinajstić information content (AvgIpc) is 2.54. The van der Waals surface area contributed by atoms with Crippen LogP contribution >= 0.6 is 11.3 Å². The lowest BCUT2D eigenvalue weighted by atomic mass is 10.1. The molecule has 0 spiro atoms. The van der Waals surface area contributed by atoms with Gasteiger partial charge in [-0.05, 0) is 12.3 Å². The van der Waals surface area contributed by atoms with E-state index in [0.29, 0.717) is 5.13 Å². The van der Waals surface area contributed by atoms with Crippen molar-refractivity contribution in [1.82, 2.24) is 10.2 Å². The van der Waals surface area contributed by atoms with Crippen molar-refractivity contribution in [2.24, 2.45) is 17.3 Å². The molecule has 0 aromatic carbocycles. The summed E-state index contributed by atoms with van der Waals surface area (Å²) >= 11 is 1.27. The van der Waals surface area contributed by atoms with Gasteiger partial charge in [0.25, 0.3) is 0 Å². The van der Waals surface area contributed by atoms with Gasteiger partial charge in [0, 0.05) is 0 Å². The fourth-order valence-electron chi connectivity index (χ4n) is 2.12. The summed E-state index contributed by atoms with van der Waals surface area (Å²) in [5.74, 6) is -2.33. The fraction of sp³-hybridized carbons (Fsp3) is 0.600.